The van der Waals surface area contributed by atoms with Crippen molar-refractivity contribution in [1.29, 1.82) is 0 Å². The zero-order valence-corrected chi connectivity index (χ0v) is 11.5. The van der Waals surface area contributed by atoms with Gasteiger partial charge in [-0.05, 0) is 31.9 Å². The third-order valence-electron chi connectivity index (χ3n) is 2.92. The lowest BCUT2D eigenvalue weighted by Gasteiger charge is -2.17. The normalized spacial score (nSPS) is 13.1. The van der Waals surface area contributed by atoms with E-state index in [1.165, 1.54) is 17.3 Å². The number of nitrogens with one attached hydrogen (secondary N) is 1. The smallest absolute Gasteiger partial charge is 0.380 e. The summed E-state index contributed by atoms with van der Waals surface area (Å²) < 4.78 is 37.9. The molecule has 0 saturated carbocycles. The molecule has 0 bridgehead atoms. The first-order chi connectivity index (χ1) is 9.96. The molecule has 5 nitrogen and oxygen atoms in total. The molecule has 1 atom stereocenters. The maximum Gasteiger partial charge on any atom is 0.389 e. The van der Waals surface area contributed by atoms with Gasteiger partial charge < -0.3 is 5.32 Å². The second kappa shape index (κ2) is 6.55. The fourth-order valence-electron chi connectivity index (χ4n) is 1.96. The molecule has 2 aromatic heterocycles. The van der Waals surface area contributed by atoms with Crippen LogP contribution in [-0.2, 0) is 0 Å². The Morgan fingerprint density at radius 2 is 2.19 bits per heavy atom. The highest BCUT2D eigenvalue weighted by Crippen LogP contribution is 2.24. The fraction of sp³-hybridized carbons (Fsp3) is 0.462. The fourth-order valence-corrected chi connectivity index (χ4v) is 1.96. The maximum atomic E-state index is 12.1. The molecule has 114 valence electrons. The van der Waals surface area contributed by atoms with Gasteiger partial charge in [-0.3, -0.25) is 0 Å². The minimum Gasteiger partial charge on any atom is -0.380 e. The Kier molecular flexibility index (Phi) is 4.77. The number of rotatable bonds is 6. The quantitative estimate of drug-likeness (QED) is 0.890. The van der Waals surface area contributed by atoms with E-state index in [0.717, 1.165) is 0 Å². The number of halogens is 3. The first-order valence-electron chi connectivity index (χ1n) is 6.59. The van der Waals surface area contributed by atoms with Gasteiger partial charge in [0.05, 0.1) is 5.69 Å². The van der Waals surface area contributed by atoms with Crippen LogP contribution in [0.1, 0.15) is 26.2 Å². The van der Waals surface area contributed by atoms with Gasteiger partial charge in [0, 0.05) is 18.7 Å². The molecule has 0 radical (unpaired) electrons. The van der Waals surface area contributed by atoms with Gasteiger partial charge >= 0.3 is 6.18 Å². The molecule has 0 aliphatic carbocycles. The van der Waals surface area contributed by atoms with E-state index in [-0.39, 0.29) is 12.5 Å². The van der Waals surface area contributed by atoms with Crippen LogP contribution in [0.25, 0.3) is 5.82 Å². The lowest BCUT2D eigenvalue weighted by Crippen LogP contribution is -2.18. The van der Waals surface area contributed by atoms with E-state index in [9.17, 15) is 13.2 Å². The summed E-state index contributed by atoms with van der Waals surface area (Å²) in [4.78, 5) is 8.07. The van der Waals surface area contributed by atoms with E-state index in [0.29, 0.717) is 17.9 Å². The molecule has 2 heterocycles. The molecule has 0 aliphatic heterocycles. The molecule has 1 unspecified atom stereocenters. The van der Waals surface area contributed by atoms with Crippen LogP contribution in [0.4, 0.5) is 18.9 Å². The highest BCUT2D eigenvalue weighted by atomic mass is 19.4. The highest BCUT2D eigenvalue weighted by molar-refractivity contribution is 5.56. The number of hydrogen-bond donors (Lipinski definition) is 1. The summed E-state index contributed by atoms with van der Waals surface area (Å²) in [7, 11) is 0. The second-order valence-corrected chi connectivity index (χ2v) is 4.77. The number of nitrogens with zero attached hydrogens (tertiary/aromatic N) is 4. The monoisotopic (exact) mass is 299 g/mol. The van der Waals surface area contributed by atoms with Crippen molar-refractivity contribution in [3.8, 4) is 5.82 Å². The van der Waals surface area contributed by atoms with E-state index in [1.54, 1.807) is 12.3 Å². The molecule has 0 aliphatic rings. The Morgan fingerprint density at radius 1 is 1.38 bits per heavy atom. The molecule has 0 spiro atoms. The summed E-state index contributed by atoms with van der Waals surface area (Å²) in [5.74, 6) is 0.567. The zero-order valence-electron chi connectivity index (χ0n) is 11.5. The Balaban J connectivity index is 1.97. The van der Waals surface area contributed by atoms with Crippen LogP contribution >= 0.6 is 0 Å². The largest absolute Gasteiger partial charge is 0.389 e. The number of hydrogen-bond acceptors (Lipinski definition) is 4. The molecule has 2 rings (SSSR count). The van der Waals surface area contributed by atoms with E-state index >= 15 is 0 Å². The Hall–Kier alpha value is -2.12. The molecule has 2 aromatic rings. The molecular formula is C13H16F3N5. The number of aromatic nitrogens is 4. The summed E-state index contributed by atoms with van der Waals surface area (Å²) in [6, 6.07) is 3.47. The van der Waals surface area contributed by atoms with Crippen LogP contribution in [0.5, 0.6) is 0 Å². The standard InChI is InChI=1S/C13H16F3N5/c1-10(4-2-6-13(14,15)16)20-11-5-3-7-18-12(11)21-9-17-8-19-21/h3,5,7-10,20H,2,4,6H2,1H3. The van der Waals surface area contributed by atoms with E-state index in [2.05, 4.69) is 20.4 Å². The van der Waals surface area contributed by atoms with Gasteiger partial charge in [0.15, 0.2) is 5.82 Å². The Morgan fingerprint density at radius 3 is 2.86 bits per heavy atom. The summed E-state index contributed by atoms with van der Waals surface area (Å²) >= 11 is 0. The number of pyridine rings is 1. The molecule has 0 saturated heterocycles. The van der Waals surface area contributed by atoms with Crippen molar-refractivity contribution >= 4 is 5.69 Å². The van der Waals surface area contributed by atoms with E-state index in [1.807, 2.05) is 13.0 Å². The van der Waals surface area contributed by atoms with Crippen LogP contribution in [0, 0.1) is 0 Å². The molecule has 8 heteroatoms. The van der Waals surface area contributed by atoms with Crippen molar-refractivity contribution in [3.05, 3.63) is 31.0 Å². The van der Waals surface area contributed by atoms with E-state index < -0.39 is 12.6 Å². The molecule has 0 fully saturated rings. The van der Waals surface area contributed by atoms with Gasteiger partial charge in [0.1, 0.15) is 12.7 Å². The van der Waals surface area contributed by atoms with Crippen molar-refractivity contribution in [1.82, 2.24) is 19.7 Å². The average molecular weight is 299 g/mol. The molecule has 0 amide bonds. The first-order valence-corrected chi connectivity index (χ1v) is 6.59. The third kappa shape index (κ3) is 4.73. The second-order valence-electron chi connectivity index (χ2n) is 4.77. The number of alkyl halides is 3. The van der Waals surface area contributed by atoms with Crippen LogP contribution in [0.2, 0.25) is 0 Å². The summed E-state index contributed by atoms with van der Waals surface area (Å²) in [6.07, 6.45) is 0.188. The minimum absolute atomic E-state index is 0.0938. The maximum absolute atomic E-state index is 12.1. The summed E-state index contributed by atoms with van der Waals surface area (Å²) in [5.41, 5.74) is 0.711. The van der Waals surface area contributed by atoms with Crippen LogP contribution in [0.15, 0.2) is 31.0 Å². The van der Waals surface area contributed by atoms with Gasteiger partial charge in [0.25, 0.3) is 0 Å². The molecule has 21 heavy (non-hydrogen) atoms. The SMILES string of the molecule is CC(CCCC(F)(F)F)Nc1cccnc1-n1cncn1. The topological polar surface area (TPSA) is 55.6 Å². The van der Waals surface area contributed by atoms with Crippen molar-refractivity contribution in [2.45, 2.75) is 38.4 Å². The Bertz CT molecular complexity index is 553. The van der Waals surface area contributed by atoms with Crippen LogP contribution < -0.4 is 5.32 Å². The van der Waals surface area contributed by atoms with Crippen molar-refractivity contribution in [2.75, 3.05) is 5.32 Å². The van der Waals surface area contributed by atoms with Crippen molar-refractivity contribution in [3.63, 3.8) is 0 Å². The molecule has 0 aromatic carbocycles. The third-order valence-corrected chi connectivity index (χ3v) is 2.92. The molecule has 1 N–H and O–H groups in total. The van der Waals surface area contributed by atoms with Crippen LogP contribution in [-0.4, -0.2) is 32.0 Å². The van der Waals surface area contributed by atoms with Gasteiger partial charge in [0.2, 0.25) is 0 Å². The lowest BCUT2D eigenvalue weighted by atomic mass is 10.1. The van der Waals surface area contributed by atoms with Crippen molar-refractivity contribution < 1.29 is 13.2 Å². The first kappa shape index (κ1) is 15.3. The van der Waals surface area contributed by atoms with Crippen LogP contribution in [0.3, 0.4) is 0 Å². The van der Waals surface area contributed by atoms with Gasteiger partial charge in [-0.1, -0.05) is 0 Å². The van der Waals surface area contributed by atoms with Crippen molar-refractivity contribution in [2.24, 2.45) is 0 Å². The van der Waals surface area contributed by atoms with Gasteiger partial charge in [-0.25, -0.2) is 14.6 Å². The predicted molar refractivity (Wildman–Crippen MR) is 72.1 cm³/mol. The lowest BCUT2D eigenvalue weighted by molar-refractivity contribution is -0.135. The zero-order chi connectivity index (χ0) is 15.3. The molecular weight excluding hydrogens is 283 g/mol. The Labute approximate surface area is 120 Å². The predicted octanol–water partition coefficient (Wildman–Crippen LogP) is 3.20. The highest BCUT2D eigenvalue weighted by Gasteiger charge is 2.26. The summed E-state index contributed by atoms with van der Waals surface area (Å²) in [5, 5.41) is 7.17. The van der Waals surface area contributed by atoms with E-state index in [4.69, 9.17) is 0 Å². The van der Waals surface area contributed by atoms with Gasteiger partial charge in [-0.2, -0.15) is 18.3 Å². The average Bonchev–Trinajstić information content (AvgIpc) is 2.91. The summed E-state index contributed by atoms with van der Waals surface area (Å²) in [6.45, 7) is 1.84. The number of anilines is 1. The van der Waals surface area contributed by atoms with Gasteiger partial charge in [-0.15, -0.1) is 0 Å². The minimum atomic E-state index is -4.10.